The van der Waals surface area contributed by atoms with Gasteiger partial charge < -0.3 is 4.74 Å². The van der Waals surface area contributed by atoms with E-state index in [-0.39, 0.29) is 17.7 Å². The summed E-state index contributed by atoms with van der Waals surface area (Å²) in [7, 11) is 0. The first kappa shape index (κ1) is 16.0. The predicted octanol–water partition coefficient (Wildman–Crippen LogP) is 5.21. The maximum Gasteiger partial charge on any atom is 0.213 e. The minimum Gasteiger partial charge on any atom is -0.464 e. The monoisotopic (exact) mass is 362 g/mol. The quantitative estimate of drug-likeness (QED) is 0.625. The fourth-order valence-corrected chi connectivity index (χ4v) is 3.73. The van der Waals surface area contributed by atoms with Crippen molar-refractivity contribution in [2.45, 2.75) is 18.7 Å². The topological polar surface area (TPSA) is 24.8 Å². The Hall–Kier alpha value is -3.21. The number of benzene rings is 3. The van der Waals surface area contributed by atoms with Crippen LogP contribution in [-0.2, 0) is 0 Å². The molecule has 5 rings (SSSR count). The number of fused-ring (bicyclic) bond motifs is 3. The van der Waals surface area contributed by atoms with Gasteiger partial charge in [0.15, 0.2) is 0 Å². The highest BCUT2D eigenvalue weighted by atomic mass is 19.1. The van der Waals surface area contributed by atoms with Gasteiger partial charge in [0.2, 0.25) is 6.23 Å². The fraction of sp³-hybridized carbons (Fsp3) is 0.136. The van der Waals surface area contributed by atoms with Crippen molar-refractivity contribution in [1.82, 2.24) is 5.01 Å². The summed E-state index contributed by atoms with van der Waals surface area (Å²) < 4.78 is 33.3. The van der Waals surface area contributed by atoms with Crippen molar-refractivity contribution >= 4 is 5.71 Å². The van der Waals surface area contributed by atoms with Crippen LogP contribution in [0.5, 0.6) is 5.75 Å². The standard InChI is InChI=1S/C22H16F2N2O/c23-16-10-8-14(9-11-16)19-13-20-18-6-1-2-7-21(18)27-22(26(20)25-19)15-4-3-5-17(24)12-15/h1-12,20,22H,13H2. The molecule has 27 heavy (non-hydrogen) atoms. The van der Waals surface area contributed by atoms with E-state index < -0.39 is 6.23 Å². The molecule has 2 aliphatic heterocycles. The van der Waals surface area contributed by atoms with Crippen LogP contribution in [0.2, 0.25) is 0 Å². The third kappa shape index (κ3) is 2.76. The van der Waals surface area contributed by atoms with Crippen LogP contribution in [0.4, 0.5) is 8.78 Å². The Labute approximate surface area is 155 Å². The molecular weight excluding hydrogens is 346 g/mol. The summed E-state index contributed by atoms with van der Waals surface area (Å²) in [6.45, 7) is 0. The normalized spacial score (nSPS) is 20.5. The molecule has 2 atom stereocenters. The smallest absolute Gasteiger partial charge is 0.213 e. The second kappa shape index (κ2) is 6.20. The highest BCUT2D eigenvalue weighted by Crippen LogP contribution is 2.47. The molecule has 3 aromatic rings. The Morgan fingerprint density at radius 2 is 1.70 bits per heavy atom. The number of hydrogen-bond donors (Lipinski definition) is 0. The largest absolute Gasteiger partial charge is 0.464 e. The van der Waals surface area contributed by atoms with Crippen molar-refractivity contribution in [2.75, 3.05) is 0 Å². The third-order valence-corrected chi connectivity index (χ3v) is 5.01. The van der Waals surface area contributed by atoms with Crippen molar-refractivity contribution in [3.05, 3.63) is 101 Å². The molecule has 3 aromatic carbocycles. The molecule has 0 radical (unpaired) electrons. The van der Waals surface area contributed by atoms with Gasteiger partial charge in [-0.05, 0) is 35.9 Å². The maximum atomic E-state index is 13.8. The summed E-state index contributed by atoms with van der Waals surface area (Å²) in [6.07, 6.45) is 0.163. The van der Waals surface area contributed by atoms with Gasteiger partial charge in [0.1, 0.15) is 17.4 Å². The molecule has 134 valence electrons. The van der Waals surface area contributed by atoms with Crippen LogP contribution in [0.3, 0.4) is 0 Å². The zero-order chi connectivity index (χ0) is 18.4. The highest BCUT2D eigenvalue weighted by Gasteiger charge is 2.40. The van der Waals surface area contributed by atoms with E-state index in [2.05, 4.69) is 0 Å². The SMILES string of the molecule is Fc1ccc(C2=NN3C(C2)c2ccccc2OC3c2cccc(F)c2)cc1. The molecule has 0 saturated heterocycles. The van der Waals surface area contributed by atoms with Gasteiger partial charge in [0, 0.05) is 17.5 Å². The van der Waals surface area contributed by atoms with E-state index in [0.29, 0.717) is 12.0 Å². The molecule has 5 heteroatoms. The van der Waals surface area contributed by atoms with Gasteiger partial charge in [-0.1, -0.05) is 42.5 Å². The van der Waals surface area contributed by atoms with Crippen molar-refractivity contribution in [1.29, 1.82) is 0 Å². The van der Waals surface area contributed by atoms with E-state index >= 15 is 0 Å². The number of halogens is 2. The van der Waals surface area contributed by atoms with Gasteiger partial charge in [-0.3, -0.25) is 0 Å². The maximum absolute atomic E-state index is 13.8. The van der Waals surface area contributed by atoms with E-state index in [1.54, 1.807) is 18.2 Å². The highest BCUT2D eigenvalue weighted by molar-refractivity contribution is 6.01. The average Bonchev–Trinajstić information content (AvgIpc) is 3.13. The van der Waals surface area contributed by atoms with Crippen LogP contribution in [0.15, 0.2) is 77.9 Å². The number of rotatable bonds is 2. The minimum absolute atomic E-state index is 0.0109. The van der Waals surface area contributed by atoms with E-state index in [1.807, 2.05) is 35.3 Å². The van der Waals surface area contributed by atoms with Gasteiger partial charge >= 0.3 is 0 Å². The second-order valence-corrected chi connectivity index (χ2v) is 6.72. The zero-order valence-corrected chi connectivity index (χ0v) is 14.3. The molecule has 0 N–H and O–H groups in total. The summed E-state index contributed by atoms with van der Waals surface area (Å²) in [5.41, 5.74) is 3.49. The van der Waals surface area contributed by atoms with Gasteiger partial charge in [0.25, 0.3) is 0 Å². The molecular formula is C22H16F2N2O. The van der Waals surface area contributed by atoms with Crippen LogP contribution < -0.4 is 4.74 Å². The van der Waals surface area contributed by atoms with E-state index in [4.69, 9.17) is 9.84 Å². The van der Waals surface area contributed by atoms with Crippen molar-refractivity contribution in [3.8, 4) is 5.75 Å². The number of hydrazone groups is 1. The molecule has 2 unspecified atom stereocenters. The summed E-state index contributed by atoms with van der Waals surface area (Å²) >= 11 is 0. The van der Waals surface area contributed by atoms with Crippen molar-refractivity contribution in [2.24, 2.45) is 5.10 Å². The summed E-state index contributed by atoms with van der Waals surface area (Å²) in [5, 5.41) is 6.66. The van der Waals surface area contributed by atoms with Crippen LogP contribution in [0.25, 0.3) is 0 Å². The third-order valence-electron chi connectivity index (χ3n) is 5.01. The first-order valence-corrected chi connectivity index (χ1v) is 8.82. The Bertz CT molecular complexity index is 1030. The fourth-order valence-electron chi connectivity index (χ4n) is 3.73. The minimum atomic E-state index is -0.515. The predicted molar refractivity (Wildman–Crippen MR) is 98.3 cm³/mol. The first-order valence-electron chi connectivity index (χ1n) is 8.82. The zero-order valence-electron chi connectivity index (χ0n) is 14.3. The van der Waals surface area contributed by atoms with E-state index in [9.17, 15) is 8.78 Å². The Morgan fingerprint density at radius 1 is 0.889 bits per heavy atom. The van der Waals surface area contributed by atoms with Crippen LogP contribution in [-0.4, -0.2) is 10.7 Å². The van der Waals surface area contributed by atoms with E-state index in [1.165, 1.54) is 24.3 Å². The first-order chi connectivity index (χ1) is 13.2. The Kier molecular flexibility index (Phi) is 3.67. The van der Waals surface area contributed by atoms with Crippen molar-refractivity contribution in [3.63, 3.8) is 0 Å². The summed E-state index contributed by atoms with van der Waals surface area (Å²) in [5.74, 6) is 0.193. The van der Waals surface area contributed by atoms with Gasteiger partial charge in [-0.15, -0.1) is 0 Å². The molecule has 2 aliphatic rings. The molecule has 0 amide bonds. The van der Waals surface area contributed by atoms with Crippen molar-refractivity contribution < 1.29 is 13.5 Å². The van der Waals surface area contributed by atoms with Crippen LogP contribution >= 0.6 is 0 Å². The molecule has 0 bridgehead atoms. The van der Waals surface area contributed by atoms with Gasteiger partial charge in [-0.25, -0.2) is 13.8 Å². The van der Waals surface area contributed by atoms with Crippen LogP contribution in [0, 0.1) is 11.6 Å². The molecule has 0 aliphatic carbocycles. The molecule has 0 fully saturated rings. The Morgan fingerprint density at radius 3 is 2.52 bits per heavy atom. The number of ether oxygens (including phenoxy) is 1. The second-order valence-electron chi connectivity index (χ2n) is 6.72. The average molecular weight is 362 g/mol. The molecule has 0 spiro atoms. The summed E-state index contributed by atoms with van der Waals surface area (Å²) in [6, 6.07) is 20.6. The lowest BCUT2D eigenvalue weighted by Gasteiger charge is -2.38. The lowest BCUT2D eigenvalue weighted by Crippen LogP contribution is -2.33. The van der Waals surface area contributed by atoms with Gasteiger partial charge in [-0.2, -0.15) is 5.10 Å². The van der Waals surface area contributed by atoms with Crippen LogP contribution in [0.1, 0.15) is 35.4 Å². The molecule has 2 heterocycles. The molecule has 3 nitrogen and oxygen atoms in total. The lowest BCUT2D eigenvalue weighted by atomic mass is 9.96. The summed E-state index contributed by atoms with van der Waals surface area (Å²) in [4.78, 5) is 0. The number of para-hydroxylation sites is 1. The van der Waals surface area contributed by atoms with E-state index in [0.717, 1.165) is 22.6 Å². The molecule has 0 saturated carbocycles. The number of nitrogens with zero attached hydrogens (tertiary/aromatic N) is 2. The lowest BCUT2D eigenvalue weighted by molar-refractivity contribution is -0.0192. The molecule has 0 aromatic heterocycles. The van der Waals surface area contributed by atoms with Gasteiger partial charge in [0.05, 0.1) is 11.8 Å². The Balaban J connectivity index is 1.60. The number of hydrogen-bond acceptors (Lipinski definition) is 3.